The molecular weight excluding hydrogens is 347 g/mol. The third-order valence-corrected chi connectivity index (χ3v) is 3.71. The lowest BCUT2D eigenvalue weighted by Gasteiger charge is -2.13. The number of nitrogens with zero attached hydrogens (tertiary/aromatic N) is 4. The first-order valence-corrected chi connectivity index (χ1v) is 7.72. The van der Waals surface area contributed by atoms with Crippen molar-refractivity contribution >= 4 is 5.82 Å². The summed E-state index contributed by atoms with van der Waals surface area (Å²) in [7, 11) is 1.59. The molecule has 0 aliphatic carbocycles. The highest BCUT2D eigenvalue weighted by Gasteiger charge is 2.34. The summed E-state index contributed by atoms with van der Waals surface area (Å²) in [5, 5.41) is 7.21. The molecule has 0 fully saturated rings. The second-order valence-corrected chi connectivity index (χ2v) is 5.55. The maximum absolute atomic E-state index is 12.7. The summed E-state index contributed by atoms with van der Waals surface area (Å²) in [4.78, 5) is 6.75. The highest BCUT2D eigenvalue weighted by Crippen LogP contribution is 2.27. The minimum atomic E-state index is -4.58. The number of halogens is 3. The van der Waals surface area contributed by atoms with Gasteiger partial charge in [-0.25, -0.2) is 14.6 Å². The first-order valence-electron chi connectivity index (χ1n) is 7.72. The van der Waals surface area contributed by atoms with Crippen LogP contribution >= 0.6 is 0 Å². The molecule has 0 saturated heterocycles. The van der Waals surface area contributed by atoms with Gasteiger partial charge in [0.25, 0.3) is 0 Å². The van der Waals surface area contributed by atoms with Gasteiger partial charge in [0.1, 0.15) is 11.6 Å². The number of rotatable bonds is 5. The Morgan fingerprint density at radius 3 is 2.54 bits per heavy atom. The molecule has 0 radical (unpaired) electrons. The maximum Gasteiger partial charge on any atom is 0.451 e. The van der Waals surface area contributed by atoms with Gasteiger partial charge in [0.15, 0.2) is 0 Å². The molecule has 1 aromatic carbocycles. The zero-order valence-corrected chi connectivity index (χ0v) is 14.0. The number of alkyl halides is 3. The van der Waals surface area contributed by atoms with Crippen molar-refractivity contribution in [3.8, 4) is 11.4 Å². The highest BCUT2D eigenvalue weighted by atomic mass is 19.4. The molecule has 0 bridgehead atoms. The van der Waals surface area contributed by atoms with Gasteiger partial charge >= 0.3 is 6.18 Å². The Bertz CT molecular complexity index is 877. The summed E-state index contributed by atoms with van der Waals surface area (Å²) < 4.78 is 44.9. The van der Waals surface area contributed by atoms with Crippen molar-refractivity contribution in [2.45, 2.75) is 19.1 Å². The number of benzene rings is 1. The van der Waals surface area contributed by atoms with Gasteiger partial charge in [0, 0.05) is 18.0 Å². The lowest BCUT2D eigenvalue weighted by molar-refractivity contribution is -0.144. The molecule has 2 heterocycles. The zero-order chi connectivity index (χ0) is 18.7. The van der Waals surface area contributed by atoms with Crippen LogP contribution in [0.2, 0.25) is 0 Å². The lowest BCUT2D eigenvalue weighted by Crippen LogP contribution is -2.14. The number of hydrogen-bond acceptors (Lipinski definition) is 5. The molecule has 0 aliphatic rings. The molecule has 6 nitrogen and oxygen atoms in total. The number of aromatic nitrogens is 4. The Morgan fingerprint density at radius 2 is 1.88 bits per heavy atom. The van der Waals surface area contributed by atoms with Gasteiger partial charge in [-0.05, 0) is 37.3 Å². The van der Waals surface area contributed by atoms with E-state index in [0.717, 1.165) is 23.2 Å². The SMILES string of the molecule is COc1ccc(-n2cc(C(C)Nc3ccnc(C(F)(F)F)n3)cn2)cc1. The van der Waals surface area contributed by atoms with Crippen molar-refractivity contribution in [2.75, 3.05) is 12.4 Å². The molecule has 0 amide bonds. The second kappa shape index (κ2) is 7.03. The molecule has 136 valence electrons. The summed E-state index contributed by atoms with van der Waals surface area (Å²) in [5.41, 5.74) is 1.64. The fourth-order valence-electron chi connectivity index (χ4n) is 2.32. The van der Waals surface area contributed by atoms with E-state index in [1.54, 1.807) is 24.2 Å². The molecule has 2 aromatic heterocycles. The van der Waals surface area contributed by atoms with Crippen molar-refractivity contribution in [2.24, 2.45) is 0 Å². The van der Waals surface area contributed by atoms with E-state index in [4.69, 9.17) is 4.74 Å². The molecule has 9 heteroatoms. The molecule has 1 unspecified atom stereocenters. The fraction of sp³-hybridized carbons (Fsp3) is 0.235. The molecule has 0 aliphatic heterocycles. The van der Waals surface area contributed by atoms with Crippen LogP contribution in [0.5, 0.6) is 5.75 Å². The topological polar surface area (TPSA) is 64.9 Å². The number of methoxy groups -OCH3 is 1. The summed E-state index contributed by atoms with van der Waals surface area (Å²) in [6, 6.07) is 8.44. The van der Waals surface area contributed by atoms with Crippen LogP contribution in [0.4, 0.5) is 19.0 Å². The fourth-order valence-corrected chi connectivity index (χ4v) is 2.32. The van der Waals surface area contributed by atoms with Crippen LogP contribution < -0.4 is 10.1 Å². The van der Waals surface area contributed by atoms with Crippen LogP contribution in [0.25, 0.3) is 5.69 Å². The average Bonchev–Trinajstić information content (AvgIpc) is 3.11. The van der Waals surface area contributed by atoms with E-state index in [9.17, 15) is 13.2 Å². The van der Waals surface area contributed by atoms with Gasteiger partial charge in [-0.2, -0.15) is 18.3 Å². The van der Waals surface area contributed by atoms with Crippen LogP contribution in [0, 0.1) is 0 Å². The Balaban J connectivity index is 1.75. The summed E-state index contributed by atoms with van der Waals surface area (Å²) in [6.07, 6.45) is -0.0646. The summed E-state index contributed by atoms with van der Waals surface area (Å²) >= 11 is 0. The molecule has 0 saturated carbocycles. The molecule has 0 spiro atoms. The number of anilines is 1. The van der Waals surface area contributed by atoms with Gasteiger partial charge < -0.3 is 10.1 Å². The zero-order valence-electron chi connectivity index (χ0n) is 14.0. The Morgan fingerprint density at radius 1 is 1.15 bits per heavy atom. The van der Waals surface area contributed by atoms with Crippen LogP contribution in [-0.2, 0) is 6.18 Å². The molecule has 3 aromatic rings. The third kappa shape index (κ3) is 3.93. The largest absolute Gasteiger partial charge is 0.497 e. The van der Waals surface area contributed by atoms with E-state index in [2.05, 4.69) is 20.4 Å². The predicted molar refractivity (Wildman–Crippen MR) is 89.2 cm³/mol. The van der Waals surface area contributed by atoms with Gasteiger partial charge in [-0.3, -0.25) is 0 Å². The van der Waals surface area contributed by atoms with E-state index in [1.165, 1.54) is 6.07 Å². The van der Waals surface area contributed by atoms with E-state index in [-0.39, 0.29) is 11.9 Å². The van der Waals surface area contributed by atoms with Crippen LogP contribution in [0.3, 0.4) is 0 Å². The average molecular weight is 363 g/mol. The quantitative estimate of drug-likeness (QED) is 0.746. The smallest absolute Gasteiger partial charge is 0.451 e. The number of hydrogen-bond donors (Lipinski definition) is 1. The van der Waals surface area contributed by atoms with Gasteiger partial charge in [0.05, 0.1) is 25.0 Å². The molecule has 26 heavy (non-hydrogen) atoms. The van der Waals surface area contributed by atoms with Crippen molar-refractivity contribution < 1.29 is 17.9 Å². The lowest BCUT2D eigenvalue weighted by atomic mass is 10.2. The van der Waals surface area contributed by atoms with Crippen LogP contribution in [-0.4, -0.2) is 26.9 Å². The molecule has 1 N–H and O–H groups in total. The van der Waals surface area contributed by atoms with Gasteiger partial charge in [-0.15, -0.1) is 0 Å². The molecular formula is C17H16F3N5O. The normalized spacial score (nSPS) is 12.7. The van der Waals surface area contributed by atoms with E-state index in [1.807, 2.05) is 31.2 Å². The minimum absolute atomic E-state index is 0.0945. The van der Waals surface area contributed by atoms with Crippen LogP contribution in [0.15, 0.2) is 48.9 Å². The van der Waals surface area contributed by atoms with Gasteiger partial charge in [0.2, 0.25) is 5.82 Å². The van der Waals surface area contributed by atoms with Crippen molar-refractivity contribution in [3.63, 3.8) is 0 Å². The second-order valence-electron chi connectivity index (χ2n) is 5.55. The third-order valence-electron chi connectivity index (χ3n) is 3.71. The highest BCUT2D eigenvalue weighted by molar-refractivity contribution is 5.39. The van der Waals surface area contributed by atoms with Crippen molar-refractivity contribution in [1.82, 2.24) is 19.7 Å². The predicted octanol–water partition coefficient (Wildman–Crippen LogP) is 3.86. The van der Waals surface area contributed by atoms with E-state index >= 15 is 0 Å². The molecule has 3 rings (SSSR count). The Kier molecular flexibility index (Phi) is 4.79. The number of nitrogens with one attached hydrogen (secondary N) is 1. The first kappa shape index (κ1) is 17.7. The molecule has 1 atom stereocenters. The van der Waals surface area contributed by atoms with E-state index < -0.39 is 12.0 Å². The summed E-state index contributed by atoms with van der Waals surface area (Å²) in [5.74, 6) is -0.346. The van der Waals surface area contributed by atoms with Crippen molar-refractivity contribution in [1.29, 1.82) is 0 Å². The number of ether oxygens (including phenoxy) is 1. The van der Waals surface area contributed by atoms with Gasteiger partial charge in [-0.1, -0.05) is 0 Å². The standard InChI is InChI=1S/C17H16F3N5O/c1-11(23-15-7-8-21-16(24-15)17(18,19)20)12-9-22-25(10-12)13-3-5-14(26-2)6-4-13/h3-11H,1-2H3,(H,21,23,24). The monoisotopic (exact) mass is 363 g/mol. The van der Waals surface area contributed by atoms with Crippen LogP contribution in [0.1, 0.15) is 24.4 Å². The Labute approximate surface area is 147 Å². The summed E-state index contributed by atoms with van der Waals surface area (Å²) in [6.45, 7) is 1.81. The van der Waals surface area contributed by atoms with E-state index in [0.29, 0.717) is 0 Å². The van der Waals surface area contributed by atoms with Crippen molar-refractivity contribution in [3.05, 3.63) is 60.3 Å². The Hall–Kier alpha value is -3.10. The maximum atomic E-state index is 12.7. The first-order chi connectivity index (χ1) is 12.4. The minimum Gasteiger partial charge on any atom is -0.497 e.